The largest absolute Gasteiger partial charge is 0.469 e. The number of esters is 1. The number of hydrogen-bond acceptors (Lipinski definition) is 4. The molecule has 0 bridgehead atoms. The molecular formula is C16H18FNO2S. The summed E-state index contributed by atoms with van der Waals surface area (Å²) in [6.07, 6.45) is 0.314. The molecule has 2 rings (SSSR count). The van der Waals surface area contributed by atoms with Crippen LogP contribution < -0.4 is 5.32 Å². The van der Waals surface area contributed by atoms with Gasteiger partial charge in [-0.1, -0.05) is 12.1 Å². The summed E-state index contributed by atoms with van der Waals surface area (Å²) in [5, 5.41) is 3.39. The van der Waals surface area contributed by atoms with E-state index in [-0.39, 0.29) is 17.8 Å². The van der Waals surface area contributed by atoms with Crippen LogP contribution in [0.5, 0.6) is 0 Å². The third-order valence-corrected chi connectivity index (χ3v) is 4.30. The fourth-order valence-corrected chi connectivity index (χ4v) is 2.90. The molecule has 0 radical (unpaired) electrons. The van der Waals surface area contributed by atoms with Gasteiger partial charge in [-0.15, -0.1) is 11.3 Å². The van der Waals surface area contributed by atoms with E-state index >= 15 is 0 Å². The van der Waals surface area contributed by atoms with Crippen molar-refractivity contribution < 1.29 is 13.9 Å². The van der Waals surface area contributed by atoms with Gasteiger partial charge in [-0.25, -0.2) is 4.39 Å². The zero-order chi connectivity index (χ0) is 15.2. The summed E-state index contributed by atoms with van der Waals surface area (Å²) in [4.78, 5) is 13.4. The topological polar surface area (TPSA) is 38.3 Å². The molecule has 112 valence electrons. The number of rotatable bonds is 6. The number of halogens is 1. The smallest absolute Gasteiger partial charge is 0.310 e. The summed E-state index contributed by atoms with van der Waals surface area (Å²) in [6, 6.07) is 10.6. The van der Waals surface area contributed by atoms with Gasteiger partial charge in [0.05, 0.1) is 13.5 Å². The third-order valence-electron chi connectivity index (χ3n) is 3.22. The van der Waals surface area contributed by atoms with Crippen molar-refractivity contribution in [2.75, 3.05) is 7.11 Å². The van der Waals surface area contributed by atoms with Crippen LogP contribution in [0.2, 0.25) is 0 Å². The van der Waals surface area contributed by atoms with E-state index in [0.717, 1.165) is 15.3 Å². The number of hydrogen-bond donors (Lipinski definition) is 1. The van der Waals surface area contributed by atoms with E-state index in [0.29, 0.717) is 13.0 Å². The van der Waals surface area contributed by atoms with Gasteiger partial charge in [0.15, 0.2) is 0 Å². The first-order valence-corrected chi connectivity index (χ1v) is 7.53. The fraction of sp³-hybridized carbons (Fsp3) is 0.312. The third kappa shape index (κ3) is 4.65. The van der Waals surface area contributed by atoms with E-state index in [9.17, 15) is 9.18 Å². The van der Waals surface area contributed by atoms with Crippen molar-refractivity contribution >= 4 is 17.3 Å². The van der Waals surface area contributed by atoms with E-state index in [4.69, 9.17) is 0 Å². The molecule has 2 aromatic rings. The Hall–Kier alpha value is -1.72. The van der Waals surface area contributed by atoms with Crippen molar-refractivity contribution in [2.24, 2.45) is 0 Å². The van der Waals surface area contributed by atoms with Crippen molar-refractivity contribution in [3.8, 4) is 0 Å². The summed E-state index contributed by atoms with van der Waals surface area (Å²) in [6.45, 7) is 2.75. The van der Waals surface area contributed by atoms with Crippen molar-refractivity contribution in [3.05, 3.63) is 57.5 Å². The maximum atomic E-state index is 12.9. The van der Waals surface area contributed by atoms with E-state index in [1.54, 1.807) is 23.5 Å². The molecule has 1 atom stereocenters. The Labute approximate surface area is 127 Å². The van der Waals surface area contributed by atoms with Crippen LogP contribution in [0.3, 0.4) is 0 Å². The molecule has 1 heterocycles. The molecule has 1 N–H and O–H groups in total. The normalized spacial score (nSPS) is 12.1. The second-order valence-corrected chi connectivity index (χ2v) is 6.03. The Morgan fingerprint density at radius 2 is 1.90 bits per heavy atom. The second kappa shape index (κ2) is 7.33. The maximum absolute atomic E-state index is 12.9. The Balaban J connectivity index is 1.88. The Morgan fingerprint density at radius 1 is 1.24 bits per heavy atom. The summed E-state index contributed by atoms with van der Waals surface area (Å²) in [7, 11) is 1.39. The zero-order valence-electron chi connectivity index (χ0n) is 12.1. The lowest BCUT2D eigenvalue weighted by atomic mass is 10.1. The van der Waals surface area contributed by atoms with Gasteiger partial charge in [-0.3, -0.25) is 4.79 Å². The van der Waals surface area contributed by atoms with Crippen LogP contribution in [0, 0.1) is 5.82 Å². The zero-order valence-corrected chi connectivity index (χ0v) is 12.9. The number of thiophene rings is 1. The average Bonchev–Trinajstić information content (AvgIpc) is 2.93. The molecule has 0 unspecified atom stereocenters. The van der Waals surface area contributed by atoms with Crippen LogP contribution in [-0.4, -0.2) is 13.1 Å². The highest BCUT2D eigenvalue weighted by Crippen LogP contribution is 2.19. The van der Waals surface area contributed by atoms with Crippen LogP contribution in [0.25, 0.3) is 0 Å². The lowest BCUT2D eigenvalue weighted by Gasteiger charge is -2.13. The first-order valence-electron chi connectivity index (χ1n) is 6.71. The molecule has 0 saturated carbocycles. The minimum Gasteiger partial charge on any atom is -0.469 e. The highest BCUT2D eigenvalue weighted by Gasteiger charge is 2.08. The van der Waals surface area contributed by atoms with Gasteiger partial charge < -0.3 is 10.1 Å². The van der Waals surface area contributed by atoms with E-state index in [2.05, 4.69) is 10.1 Å². The van der Waals surface area contributed by atoms with Gasteiger partial charge in [0.25, 0.3) is 0 Å². The molecule has 0 aliphatic carbocycles. The molecule has 0 amide bonds. The van der Waals surface area contributed by atoms with E-state index in [1.807, 2.05) is 19.1 Å². The van der Waals surface area contributed by atoms with Crippen molar-refractivity contribution in [2.45, 2.75) is 25.9 Å². The molecule has 1 aromatic carbocycles. The van der Waals surface area contributed by atoms with Gasteiger partial charge in [0.1, 0.15) is 5.82 Å². The molecule has 0 aliphatic heterocycles. The molecule has 21 heavy (non-hydrogen) atoms. The number of benzene rings is 1. The van der Waals surface area contributed by atoms with Crippen molar-refractivity contribution in [1.29, 1.82) is 0 Å². The maximum Gasteiger partial charge on any atom is 0.310 e. The summed E-state index contributed by atoms with van der Waals surface area (Å²) < 4.78 is 17.5. The molecule has 0 fully saturated rings. The van der Waals surface area contributed by atoms with Crippen LogP contribution in [0.4, 0.5) is 4.39 Å². The lowest BCUT2D eigenvalue weighted by molar-refractivity contribution is -0.139. The summed E-state index contributed by atoms with van der Waals surface area (Å²) in [5.74, 6) is -0.451. The standard InChI is InChI=1S/C16H18FNO2S/c1-11(12-3-5-13(17)6-4-12)18-10-15-8-7-14(21-15)9-16(19)20-2/h3-8,11,18H,9-10H2,1-2H3/t11-/m1/s1. The van der Waals surface area contributed by atoms with Crippen LogP contribution in [0.1, 0.15) is 28.3 Å². The van der Waals surface area contributed by atoms with Gasteiger partial charge in [-0.05, 0) is 36.8 Å². The highest BCUT2D eigenvalue weighted by molar-refractivity contribution is 7.12. The summed E-state index contributed by atoms with van der Waals surface area (Å²) >= 11 is 1.59. The lowest BCUT2D eigenvalue weighted by Crippen LogP contribution is -2.17. The molecule has 3 nitrogen and oxygen atoms in total. The molecule has 5 heteroatoms. The van der Waals surface area contributed by atoms with Crippen molar-refractivity contribution in [1.82, 2.24) is 5.32 Å². The minimum absolute atomic E-state index is 0.136. The van der Waals surface area contributed by atoms with Gasteiger partial charge in [-0.2, -0.15) is 0 Å². The van der Waals surface area contributed by atoms with Crippen LogP contribution >= 0.6 is 11.3 Å². The molecule has 0 saturated heterocycles. The van der Waals surface area contributed by atoms with Crippen molar-refractivity contribution in [3.63, 3.8) is 0 Å². The Morgan fingerprint density at radius 3 is 2.57 bits per heavy atom. The monoisotopic (exact) mass is 307 g/mol. The SMILES string of the molecule is COC(=O)Cc1ccc(CN[C@H](C)c2ccc(F)cc2)s1. The Kier molecular flexibility index (Phi) is 5.47. The Bertz CT molecular complexity index is 595. The summed E-state index contributed by atoms with van der Waals surface area (Å²) in [5.41, 5.74) is 1.04. The predicted octanol–water partition coefficient (Wildman–Crippen LogP) is 3.45. The number of ether oxygens (including phenoxy) is 1. The highest BCUT2D eigenvalue weighted by atomic mass is 32.1. The predicted molar refractivity (Wildman–Crippen MR) is 81.7 cm³/mol. The molecule has 0 spiro atoms. The van der Waals surface area contributed by atoms with E-state index in [1.165, 1.54) is 19.2 Å². The quantitative estimate of drug-likeness (QED) is 0.831. The number of carbonyl (C=O) groups is 1. The first-order chi connectivity index (χ1) is 10.1. The van der Waals surface area contributed by atoms with Gasteiger partial charge in [0.2, 0.25) is 0 Å². The first kappa shape index (κ1) is 15.7. The molecule has 1 aromatic heterocycles. The number of carbonyl (C=O) groups excluding carboxylic acids is 1. The molecular weight excluding hydrogens is 289 g/mol. The molecule has 0 aliphatic rings. The van der Waals surface area contributed by atoms with Crippen LogP contribution in [-0.2, 0) is 22.5 Å². The average molecular weight is 307 g/mol. The second-order valence-electron chi connectivity index (χ2n) is 4.78. The number of nitrogens with one attached hydrogen (secondary N) is 1. The van der Waals surface area contributed by atoms with Crippen LogP contribution in [0.15, 0.2) is 36.4 Å². The van der Waals surface area contributed by atoms with Gasteiger partial charge >= 0.3 is 5.97 Å². The fourth-order valence-electron chi connectivity index (χ4n) is 1.95. The minimum atomic E-state index is -0.226. The van der Waals surface area contributed by atoms with Gasteiger partial charge in [0, 0.05) is 22.3 Å². The van der Waals surface area contributed by atoms with E-state index < -0.39 is 0 Å². The number of methoxy groups -OCH3 is 1.